The van der Waals surface area contributed by atoms with E-state index < -0.39 is 0 Å². The molecule has 0 aromatic carbocycles. The first-order valence-corrected chi connectivity index (χ1v) is 6.79. The third-order valence-electron chi connectivity index (χ3n) is 2.16. The fraction of sp³-hybridized carbons (Fsp3) is 0.545. The molecule has 1 amide bonds. The van der Waals surface area contributed by atoms with E-state index in [9.17, 15) is 4.79 Å². The maximum Gasteiger partial charge on any atom is 0.265 e. The average Bonchev–Trinajstić information content (AvgIpc) is 2.59. The molecule has 4 heteroatoms. The van der Waals surface area contributed by atoms with Crippen molar-refractivity contribution in [3.8, 4) is 0 Å². The quantitative estimate of drug-likeness (QED) is 0.826. The van der Waals surface area contributed by atoms with E-state index in [1.54, 1.807) is 0 Å². The summed E-state index contributed by atoms with van der Waals surface area (Å²) >= 11 is 4.89. The van der Waals surface area contributed by atoms with Crippen LogP contribution < -0.4 is 0 Å². The molecule has 1 aromatic rings. The molecule has 2 nitrogen and oxygen atoms in total. The molecule has 1 heterocycles. The van der Waals surface area contributed by atoms with Gasteiger partial charge in [-0.3, -0.25) is 4.79 Å². The molecule has 0 saturated carbocycles. The first-order chi connectivity index (χ1) is 7.07. The van der Waals surface area contributed by atoms with Gasteiger partial charge in [0.15, 0.2) is 0 Å². The zero-order valence-corrected chi connectivity index (χ0v) is 11.7. The predicted molar refractivity (Wildman–Crippen MR) is 68.5 cm³/mol. The van der Waals surface area contributed by atoms with Gasteiger partial charge in [-0.25, -0.2) is 0 Å². The Morgan fingerprint density at radius 2 is 2.27 bits per heavy atom. The molecule has 0 aliphatic carbocycles. The Kier molecular flexibility index (Phi) is 4.80. The molecule has 84 valence electrons. The molecule has 15 heavy (non-hydrogen) atoms. The molecule has 0 saturated heterocycles. The Morgan fingerprint density at radius 3 is 2.67 bits per heavy atom. The molecular formula is C11H16BrNOS. The van der Waals surface area contributed by atoms with E-state index in [0.29, 0.717) is 0 Å². The van der Waals surface area contributed by atoms with Crippen molar-refractivity contribution in [2.45, 2.75) is 33.2 Å². The van der Waals surface area contributed by atoms with Crippen LogP contribution in [0, 0.1) is 0 Å². The zero-order chi connectivity index (χ0) is 11.4. The number of thiophene rings is 1. The van der Waals surface area contributed by atoms with Crippen LogP contribution in [0.5, 0.6) is 0 Å². The van der Waals surface area contributed by atoms with Gasteiger partial charge < -0.3 is 4.90 Å². The van der Waals surface area contributed by atoms with Crippen molar-refractivity contribution < 1.29 is 4.79 Å². The van der Waals surface area contributed by atoms with Gasteiger partial charge in [0, 0.05) is 17.1 Å². The molecule has 1 rings (SSSR count). The molecule has 0 fully saturated rings. The summed E-state index contributed by atoms with van der Waals surface area (Å²) in [6.45, 7) is 7.01. The molecule has 0 bridgehead atoms. The van der Waals surface area contributed by atoms with Crippen molar-refractivity contribution in [3.05, 3.63) is 20.8 Å². The second-order valence-corrected chi connectivity index (χ2v) is 5.46. The summed E-state index contributed by atoms with van der Waals surface area (Å²) in [4.78, 5) is 14.9. The molecule has 0 aliphatic rings. The number of hydrogen-bond donors (Lipinski definition) is 0. The summed E-state index contributed by atoms with van der Waals surface area (Å²) < 4.78 is 0.902. The number of carbonyl (C=O) groups is 1. The molecule has 0 spiro atoms. The first kappa shape index (κ1) is 12.7. The molecule has 1 aromatic heterocycles. The van der Waals surface area contributed by atoms with Crippen LogP contribution in [0.2, 0.25) is 0 Å². The lowest BCUT2D eigenvalue weighted by Gasteiger charge is -2.25. The lowest BCUT2D eigenvalue weighted by molar-refractivity contribution is 0.0710. The standard InChI is InChI=1S/C11H16BrNOS/c1-4-6-13(8(2)3)11(14)10-9(12)5-7-15-10/h5,7-8H,4,6H2,1-3H3. The van der Waals surface area contributed by atoms with Crippen molar-refractivity contribution in [1.29, 1.82) is 0 Å². The van der Waals surface area contributed by atoms with Gasteiger partial charge in [-0.1, -0.05) is 6.92 Å². The Labute approximate surface area is 103 Å². The molecule has 0 N–H and O–H groups in total. The minimum absolute atomic E-state index is 0.133. The van der Waals surface area contributed by atoms with Gasteiger partial charge in [0.05, 0.1) is 0 Å². The normalized spacial score (nSPS) is 10.7. The smallest absolute Gasteiger partial charge is 0.265 e. The van der Waals surface area contributed by atoms with Crippen LogP contribution in [0.25, 0.3) is 0 Å². The van der Waals surface area contributed by atoms with E-state index in [1.807, 2.05) is 16.3 Å². The fourth-order valence-electron chi connectivity index (χ4n) is 1.41. The lowest BCUT2D eigenvalue weighted by Crippen LogP contribution is -2.37. The largest absolute Gasteiger partial charge is 0.336 e. The SMILES string of the molecule is CCCN(C(=O)c1sccc1Br)C(C)C. The molecule has 0 aliphatic heterocycles. The summed E-state index contributed by atoms with van der Waals surface area (Å²) in [5.74, 6) is 0.133. The minimum Gasteiger partial charge on any atom is -0.336 e. The monoisotopic (exact) mass is 289 g/mol. The highest BCUT2D eigenvalue weighted by Gasteiger charge is 2.20. The van der Waals surface area contributed by atoms with Gasteiger partial charge in [0.2, 0.25) is 0 Å². The van der Waals surface area contributed by atoms with Crippen molar-refractivity contribution >= 4 is 33.2 Å². The second kappa shape index (κ2) is 5.66. The van der Waals surface area contributed by atoms with E-state index in [2.05, 4.69) is 36.7 Å². The van der Waals surface area contributed by atoms with Crippen molar-refractivity contribution in [2.24, 2.45) is 0 Å². The van der Waals surface area contributed by atoms with Gasteiger partial charge in [-0.05, 0) is 47.6 Å². The van der Waals surface area contributed by atoms with Crippen LogP contribution in [-0.4, -0.2) is 23.4 Å². The van der Waals surface area contributed by atoms with E-state index in [1.165, 1.54) is 11.3 Å². The molecule has 0 unspecified atom stereocenters. The van der Waals surface area contributed by atoms with Crippen molar-refractivity contribution in [2.75, 3.05) is 6.54 Å². The Hall–Kier alpha value is -0.350. The highest BCUT2D eigenvalue weighted by molar-refractivity contribution is 9.10. The van der Waals surface area contributed by atoms with Crippen molar-refractivity contribution in [1.82, 2.24) is 4.90 Å². The van der Waals surface area contributed by atoms with Gasteiger partial charge in [0.1, 0.15) is 4.88 Å². The van der Waals surface area contributed by atoms with Crippen LogP contribution in [0.15, 0.2) is 15.9 Å². The first-order valence-electron chi connectivity index (χ1n) is 5.11. The Bertz CT molecular complexity index is 335. The zero-order valence-electron chi connectivity index (χ0n) is 9.29. The van der Waals surface area contributed by atoms with E-state index in [0.717, 1.165) is 22.3 Å². The van der Waals surface area contributed by atoms with Gasteiger partial charge in [0.25, 0.3) is 5.91 Å². The van der Waals surface area contributed by atoms with Gasteiger partial charge in [-0.2, -0.15) is 0 Å². The van der Waals surface area contributed by atoms with Crippen molar-refractivity contribution in [3.63, 3.8) is 0 Å². The molecular weight excluding hydrogens is 274 g/mol. The number of carbonyl (C=O) groups excluding carboxylic acids is 1. The van der Waals surface area contributed by atoms with Gasteiger partial charge >= 0.3 is 0 Å². The van der Waals surface area contributed by atoms with Gasteiger partial charge in [-0.15, -0.1) is 11.3 Å². The van der Waals surface area contributed by atoms with Crippen LogP contribution >= 0.6 is 27.3 Å². The van der Waals surface area contributed by atoms with Crippen LogP contribution in [0.3, 0.4) is 0 Å². The number of halogens is 1. The van der Waals surface area contributed by atoms with Crippen LogP contribution in [0.1, 0.15) is 36.9 Å². The fourth-order valence-corrected chi connectivity index (χ4v) is 2.91. The Morgan fingerprint density at radius 1 is 1.60 bits per heavy atom. The number of nitrogens with zero attached hydrogens (tertiary/aromatic N) is 1. The summed E-state index contributed by atoms with van der Waals surface area (Å²) in [6, 6.07) is 2.17. The van der Waals surface area contributed by atoms with Crippen LogP contribution in [-0.2, 0) is 0 Å². The van der Waals surface area contributed by atoms with E-state index in [4.69, 9.17) is 0 Å². The van der Waals surface area contributed by atoms with Crippen LogP contribution in [0.4, 0.5) is 0 Å². The predicted octanol–water partition coefficient (Wildman–Crippen LogP) is 3.77. The highest BCUT2D eigenvalue weighted by Crippen LogP contribution is 2.24. The lowest BCUT2D eigenvalue weighted by atomic mass is 10.2. The maximum absolute atomic E-state index is 12.2. The molecule has 0 radical (unpaired) electrons. The number of amides is 1. The minimum atomic E-state index is 0.133. The number of rotatable bonds is 4. The summed E-state index contributed by atoms with van der Waals surface area (Å²) in [5.41, 5.74) is 0. The second-order valence-electron chi connectivity index (χ2n) is 3.69. The molecule has 0 atom stereocenters. The topological polar surface area (TPSA) is 20.3 Å². The maximum atomic E-state index is 12.2. The van der Waals surface area contributed by atoms with E-state index >= 15 is 0 Å². The summed E-state index contributed by atoms with van der Waals surface area (Å²) in [6.07, 6.45) is 0.993. The highest BCUT2D eigenvalue weighted by atomic mass is 79.9. The Balaban J connectivity index is 2.86. The third kappa shape index (κ3) is 3.05. The summed E-state index contributed by atoms with van der Waals surface area (Å²) in [5, 5.41) is 1.93. The van der Waals surface area contributed by atoms with E-state index in [-0.39, 0.29) is 11.9 Å². The average molecular weight is 290 g/mol. The number of hydrogen-bond acceptors (Lipinski definition) is 2. The summed E-state index contributed by atoms with van der Waals surface area (Å²) in [7, 11) is 0. The third-order valence-corrected chi connectivity index (χ3v) is 3.99.